The van der Waals surface area contributed by atoms with Crippen molar-refractivity contribution in [2.24, 2.45) is 0 Å². The lowest BCUT2D eigenvalue weighted by Crippen LogP contribution is -2.31. The van der Waals surface area contributed by atoms with Gasteiger partial charge in [0.15, 0.2) is 0 Å². The van der Waals surface area contributed by atoms with Crippen molar-refractivity contribution < 1.29 is 14.8 Å². The van der Waals surface area contributed by atoms with Crippen LogP contribution in [0.1, 0.15) is 11.3 Å². The molecule has 9 heteroatoms. The predicted octanol–water partition coefficient (Wildman–Crippen LogP) is 1.72. The second kappa shape index (κ2) is 9.50. The standard InChI is InChI=1S/C17H18ClN5O3/c1-23(11-12-2-4-13(18)5-3-12)17(25)10-21-15-9-19-14(8-20-15)6-7-16(24)22-26/h2-9,26H,10-11H2,1H3,(H,20,21)(H,22,24). The number of carbonyl (C=O) groups excluding carboxylic acids is 2. The van der Waals surface area contributed by atoms with Gasteiger partial charge in [-0.3, -0.25) is 19.8 Å². The average molecular weight is 376 g/mol. The third-order valence-corrected chi connectivity index (χ3v) is 3.62. The summed E-state index contributed by atoms with van der Waals surface area (Å²) >= 11 is 5.84. The first-order valence-corrected chi connectivity index (χ1v) is 8.02. The number of nitrogens with one attached hydrogen (secondary N) is 2. The van der Waals surface area contributed by atoms with E-state index in [1.165, 1.54) is 23.9 Å². The SMILES string of the molecule is CN(Cc1ccc(Cl)cc1)C(=O)CNc1cnc(C=CC(=O)NO)cn1. The summed E-state index contributed by atoms with van der Waals surface area (Å²) in [7, 11) is 1.71. The zero-order chi connectivity index (χ0) is 18.9. The van der Waals surface area contributed by atoms with Crippen molar-refractivity contribution in [3.05, 3.63) is 59.0 Å². The molecule has 0 saturated heterocycles. The van der Waals surface area contributed by atoms with Crippen molar-refractivity contribution in [2.45, 2.75) is 6.54 Å². The molecule has 0 saturated carbocycles. The lowest BCUT2D eigenvalue weighted by atomic mass is 10.2. The van der Waals surface area contributed by atoms with E-state index >= 15 is 0 Å². The molecule has 0 unspecified atom stereocenters. The Kier molecular flexibility index (Phi) is 7.07. The maximum atomic E-state index is 12.2. The van der Waals surface area contributed by atoms with E-state index in [0.717, 1.165) is 11.6 Å². The summed E-state index contributed by atoms with van der Waals surface area (Å²) in [4.78, 5) is 32.8. The maximum absolute atomic E-state index is 12.2. The molecule has 0 spiro atoms. The molecule has 0 atom stereocenters. The van der Waals surface area contributed by atoms with Crippen molar-refractivity contribution >= 4 is 35.3 Å². The van der Waals surface area contributed by atoms with Gasteiger partial charge in [-0.25, -0.2) is 10.5 Å². The fourth-order valence-corrected chi connectivity index (χ4v) is 2.09. The van der Waals surface area contributed by atoms with Crippen molar-refractivity contribution in [3.8, 4) is 0 Å². The van der Waals surface area contributed by atoms with Crippen LogP contribution in [0.2, 0.25) is 5.02 Å². The zero-order valence-electron chi connectivity index (χ0n) is 14.0. The largest absolute Gasteiger partial charge is 0.360 e. The average Bonchev–Trinajstić information content (AvgIpc) is 2.66. The quantitative estimate of drug-likeness (QED) is 0.386. The van der Waals surface area contributed by atoms with E-state index in [1.54, 1.807) is 24.1 Å². The Morgan fingerprint density at radius 1 is 1.23 bits per heavy atom. The van der Waals surface area contributed by atoms with Crippen LogP contribution in [0.25, 0.3) is 6.08 Å². The number of aromatic nitrogens is 2. The second-order valence-electron chi connectivity index (χ2n) is 5.37. The smallest absolute Gasteiger partial charge is 0.267 e. The molecule has 0 aliphatic heterocycles. The lowest BCUT2D eigenvalue weighted by Gasteiger charge is -2.17. The van der Waals surface area contributed by atoms with E-state index in [0.29, 0.717) is 23.1 Å². The van der Waals surface area contributed by atoms with Gasteiger partial charge < -0.3 is 10.2 Å². The number of amides is 2. The molecule has 0 bridgehead atoms. The van der Waals surface area contributed by atoms with E-state index in [4.69, 9.17) is 16.8 Å². The number of benzene rings is 1. The first-order valence-electron chi connectivity index (χ1n) is 7.64. The summed E-state index contributed by atoms with van der Waals surface area (Å²) < 4.78 is 0. The summed E-state index contributed by atoms with van der Waals surface area (Å²) in [5.74, 6) is -0.337. The van der Waals surface area contributed by atoms with Gasteiger partial charge in [0.2, 0.25) is 5.91 Å². The third kappa shape index (κ3) is 6.15. The number of carbonyl (C=O) groups is 2. The number of hydroxylamine groups is 1. The molecule has 0 fully saturated rings. The lowest BCUT2D eigenvalue weighted by molar-refractivity contribution is -0.128. The van der Waals surface area contributed by atoms with Gasteiger partial charge in [0.1, 0.15) is 5.82 Å². The molecule has 0 aliphatic carbocycles. The van der Waals surface area contributed by atoms with E-state index in [1.807, 2.05) is 12.1 Å². The number of anilines is 1. The summed E-state index contributed by atoms with van der Waals surface area (Å²) in [6.45, 7) is 0.543. The monoisotopic (exact) mass is 375 g/mol. The van der Waals surface area contributed by atoms with Crippen LogP contribution in [0.15, 0.2) is 42.7 Å². The minimum absolute atomic E-state index is 0.0703. The Morgan fingerprint density at radius 2 is 1.96 bits per heavy atom. The van der Waals surface area contributed by atoms with E-state index in [2.05, 4.69) is 15.3 Å². The van der Waals surface area contributed by atoms with Crippen LogP contribution in [0, 0.1) is 0 Å². The van der Waals surface area contributed by atoms with Gasteiger partial charge in [0.25, 0.3) is 5.91 Å². The second-order valence-corrected chi connectivity index (χ2v) is 5.80. The number of hydrogen-bond acceptors (Lipinski definition) is 6. The van der Waals surface area contributed by atoms with Gasteiger partial charge in [-0.2, -0.15) is 0 Å². The summed E-state index contributed by atoms with van der Waals surface area (Å²) in [6, 6.07) is 7.30. The molecule has 8 nitrogen and oxygen atoms in total. The van der Waals surface area contributed by atoms with Crippen LogP contribution in [-0.2, 0) is 16.1 Å². The van der Waals surface area contributed by atoms with Crippen LogP contribution in [0.3, 0.4) is 0 Å². The van der Waals surface area contributed by atoms with Gasteiger partial charge in [-0.15, -0.1) is 0 Å². The highest BCUT2D eigenvalue weighted by Crippen LogP contribution is 2.11. The topological polar surface area (TPSA) is 107 Å². The Labute approximate surface area is 155 Å². The van der Waals surface area contributed by atoms with Gasteiger partial charge >= 0.3 is 0 Å². The Bertz CT molecular complexity index is 778. The molecule has 1 aromatic carbocycles. The maximum Gasteiger partial charge on any atom is 0.267 e. The Hall–Kier alpha value is -2.97. The predicted molar refractivity (Wildman–Crippen MR) is 97.4 cm³/mol. The summed E-state index contributed by atoms with van der Waals surface area (Å²) in [6.07, 6.45) is 5.40. The van der Waals surface area contributed by atoms with E-state index < -0.39 is 5.91 Å². The molecular formula is C17H18ClN5O3. The molecule has 1 heterocycles. The van der Waals surface area contributed by atoms with Gasteiger partial charge in [0.05, 0.1) is 24.6 Å². The van der Waals surface area contributed by atoms with Crippen molar-refractivity contribution in [1.29, 1.82) is 0 Å². The van der Waals surface area contributed by atoms with Gasteiger partial charge in [0, 0.05) is 24.7 Å². The highest BCUT2D eigenvalue weighted by molar-refractivity contribution is 6.30. The first-order chi connectivity index (χ1) is 12.5. The normalized spacial score (nSPS) is 10.6. The van der Waals surface area contributed by atoms with Gasteiger partial charge in [-0.05, 0) is 23.8 Å². The minimum atomic E-state index is -0.664. The fourth-order valence-electron chi connectivity index (χ4n) is 1.97. The highest BCUT2D eigenvalue weighted by atomic mass is 35.5. The van der Waals surface area contributed by atoms with E-state index in [9.17, 15) is 9.59 Å². The molecular weight excluding hydrogens is 358 g/mol. The van der Waals surface area contributed by atoms with Crippen LogP contribution in [-0.4, -0.2) is 45.5 Å². The number of nitrogens with zero attached hydrogens (tertiary/aromatic N) is 3. The molecule has 136 valence electrons. The molecule has 0 radical (unpaired) electrons. The van der Waals surface area contributed by atoms with Crippen LogP contribution < -0.4 is 10.8 Å². The first kappa shape index (κ1) is 19.4. The Morgan fingerprint density at radius 3 is 2.58 bits per heavy atom. The molecule has 2 aromatic rings. The number of likely N-dealkylation sites (N-methyl/N-ethyl adjacent to an activating group) is 1. The van der Waals surface area contributed by atoms with E-state index in [-0.39, 0.29) is 12.5 Å². The molecule has 3 N–H and O–H groups in total. The van der Waals surface area contributed by atoms with Crippen LogP contribution in [0.4, 0.5) is 5.82 Å². The fraction of sp³-hybridized carbons (Fsp3) is 0.176. The number of halogens is 1. The van der Waals surface area contributed by atoms with Crippen LogP contribution in [0.5, 0.6) is 0 Å². The minimum Gasteiger partial charge on any atom is -0.360 e. The van der Waals surface area contributed by atoms with Gasteiger partial charge in [-0.1, -0.05) is 23.7 Å². The zero-order valence-corrected chi connectivity index (χ0v) is 14.8. The molecule has 0 aliphatic rings. The highest BCUT2D eigenvalue weighted by Gasteiger charge is 2.09. The molecule has 26 heavy (non-hydrogen) atoms. The molecule has 2 amide bonds. The number of hydrogen-bond donors (Lipinski definition) is 3. The van der Waals surface area contributed by atoms with Crippen molar-refractivity contribution in [3.63, 3.8) is 0 Å². The number of rotatable bonds is 7. The van der Waals surface area contributed by atoms with Crippen molar-refractivity contribution in [1.82, 2.24) is 20.3 Å². The summed E-state index contributed by atoms with van der Waals surface area (Å²) in [5, 5.41) is 11.9. The van der Waals surface area contributed by atoms with Crippen LogP contribution >= 0.6 is 11.6 Å². The Balaban J connectivity index is 1.83. The molecule has 1 aromatic heterocycles. The third-order valence-electron chi connectivity index (χ3n) is 3.37. The molecule has 2 rings (SSSR count). The van der Waals surface area contributed by atoms with Crippen molar-refractivity contribution in [2.75, 3.05) is 18.9 Å². The summed E-state index contributed by atoms with van der Waals surface area (Å²) in [5.41, 5.74) is 2.89.